The number of allylic oxidation sites excluding steroid dienone is 4. The Morgan fingerprint density at radius 3 is 2.21 bits per heavy atom. The maximum atomic E-state index is 3.47. The highest BCUT2D eigenvalue weighted by molar-refractivity contribution is 5.66. The minimum Gasteiger partial charge on any atom is -0.359 e. The van der Waals surface area contributed by atoms with Gasteiger partial charge in [-0.25, -0.2) is 0 Å². The van der Waals surface area contributed by atoms with Gasteiger partial charge in [-0.05, 0) is 42.2 Å². The molecule has 0 unspecified atom stereocenters. The van der Waals surface area contributed by atoms with Crippen LogP contribution in [0.2, 0.25) is 0 Å². The number of hydrogen-bond acceptors (Lipinski definition) is 1. The van der Waals surface area contributed by atoms with Gasteiger partial charge in [0.1, 0.15) is 0 Å². The van der Waals surface area contributed by atoms with Gasteiger partial charge in [0.05, 0.1) is 0 Å². The van der Waals surface area contributed by atoms with Gasteiger partial charge in [0, 0.05) is 11.4 Å². The molecule has 0 bridgehead atoms. The maximum Gasteiger partial charge on any atom is 0.0382 e. The van der Waals surface area contributed by atoms with Crippen molar-refractivity contribution in [3.8, 4) is 11.1 Å². The van der Waals surface area contributed by atoms with Crippen molar-refractivity contribution in [2.45, 2.75) is 12.8 Å². The van der Waals surface area contributed by atoms with E-state index in [1.54, 1.807) is 0 Å². The van der Waals surface area contributed by atoms with Crippen LogP contribution < -0.4 is 5.32 Å². The molecule has 0 radical (unpaired) electrons. The molecule has 0 fully saturated rings. The number of hydrogen-bond donors (Lipinski definition) is 1. The van der Waals surface area contributed by atoms with Crippen molar-refractivity contribution in [2.75, 3.05) is 5.32 Å². The van der Waals surface area contributed by atoms with Gasteiger partial charge in [-0.1, -0.05) is 54.6 Å². The first kappa shape index (κ1) is 11.8. The molecule has 0 atom stereocenters. The van der Waals surface area contributed by atoms with Crippen molar-refractivity contribution in [2.24, 2.45) is 0 Å². The molecule has 1 N–H and O–H groups in total. The van der Waals surface area contributed by atoms with Crippen LogP contribution in [0.5, 0.6) is 0 Å². The van der Waals surface area contributed by atoms with E-state index in [0.717, 1.165) is 18.5 Å². The highest BCUT2D eigenvalue weighted by Gasteiger charge is 2.01. The molecule has 3 rings (SSSR count). The third-order valence-electron chi connectivity index (χ3n) is 3.31. The lowest BCUT2D eigenvalue weighted by molar-refractivity contribution is 0.967. The SMILES string of the molecule is C1=CCCC(Nc2ccc(-c3ccccc3)cc2)=C1. The number of nitrogens with one attached hydrogen (secondary N) is 1. The molecule has 1 aliphatic carbocycles. The Morgan fingerprint density at radius 1 is 0.789 bits per heavy atom. The lowest BCUT2D eigenvalue weighted by Gasteiger charge is -2.12. The largest absolute Gasteiger partial charge is 0.359 e. The Balaban J connectivity index is 1.76. The second-order valence-electron chi connectivity index (χ2n) is 4.73. The van der Waals surface area contributed by atoms with Crippen molar-refractivity contribution in [1.29, 1.82) is 0 Å². The molecule has 2 aromatic carbocycles. The molecule has 19 heavy (non-hydrogen) atoms. The van der Waals surface area contributed by atoms with Crippen molar-refractivity contribution in [1.82, 2.24) is 0 Å². The highest BCUT2D eigenvalue weighted by atomic mass is 14.9. The molecular weight excluding hydrogens is 230 g/mol. The fraction of sp³-hybridized carbons (Fsp3) is 0.111. The van der Waals surface area contributed by atoms with Gasteiger partial charge in [-0.15, -0.1) is 0 Å². The van der Waals surface area contributed by atoms with E-state index in [1.165, 1.54) is 16.8 Å². The summed E-state index contributed by atoms with van der Waals surface area (Å²) in [6.45, 7) is 0. The Bertz CT molecular complexity index is 591. The Labute approximate surface area is 114 Å². The zero-order chi connectivity index (χ0) is 12.9. The van der Waals surface area contributed by atoms with Crippen LogP contribution in [0.15, 0.2) is 78.5 Å². The summed E-state index contributed by atoms with van der Waals surface area (Å²) >= 11 is 0. The van der Waals surface area contributed by atoms with Gasteiger partial charge < -0.3 is 5.32 Å². The fourth-order valence-electron chi connectivity index (χ4n) is 2.27. The highest BCUT2D eigenvalue weighted by Crippen LogP contribution is 2.22. The lowest BCUT2D eigenvalue weighted by atomic mass is 10.1. The van der Waals surface area contributed by atoms with E-state index < -0.39 is 0 Å². The summed E-state index contributed by atoms with van der Waals surface area (Å²) in [5.74, 6) is 0. The van der Waals surface area contributed by atoms with E-state index in [4.69, 9.17) is 0 Å². The van der Waals surface area contributed by atoms with Crippen molar-refractivity contribution >= 4 is 5.69 Å². The van der Waals surface area contributed by atoms with Gasteiger partial charge in [0.2, 0.25) is 0 Å². The minimum absolute atomic E-state index is 1.09. The summed E-state index contributed by atoms with van der Waals surface area (Å²) in [5, 5.41) is 3.47. The first-order valence-corrected chi connectivity index (χ1v) is 6.70. The molecule has 1 heteroatoms. The first-order valence-electron chi connectivity index (χ1n) is 6.70. The predicted molar refractivity (Wildman–Crippen MR) is 82.0 cm³/mol. The van der Waals surface area contributed by atoms with Crippen molar-refractivity contribution < 1.29 is 0 Å². The molecule has 1 nitrogen and oxygen atoms in total. The second-order valence-corrected chi connectivity index (χ2v) is 4.73. The molecule has 1 aliphatic rings. The first-order chi connectivity index (χ1) is 9.42. The van der Waals surface area contributed by atoms with Crippen LogP contribution in [0.3, 0.4) is 0 Å². The molecular formula is C18H17N. The van der Waals surface area contributed by atoms with Gasteiger partial charge in [0.15, 0.2) is 0 Å². The summed E-state index contributed by atoms with van der Waals surface area (Å²) in [6.07, 6.45) is 8.68. The lowest BCUT2D eigenvalue weighted by Crippen LogP contribution is -2.00. The van der Waals surface area contributed by atoms with Crippen molar-refractivity contribution in [3.05, 3.63) is 78.5 Å². The van der Waals surface area contributed by atoms with Crippen LogP contribution in [0, 0.1) is 0 Å². The third kappa shape index (κ3) is 2.94. The monoisotopic (exact) mass is 247 g/mol. The molecule has 2 aromatic rings. The molecule has 0 aliphatic heterocycles. The standard InChI is InChI=1S/C18H17N/c1-3-7-15(8-4-1)16-11-13-18(14-12-16)19-17-9-5-2-6-10-17/h1-5,7-9,11-14,19H,6,10H2. The molecule has 0 saturated heterocycles. The zero-order valence-corrected chi connectivity index (χ0v) is 10.8. The normalized spacial score (nSPS) is 14.0. The molecule has 94 valence electrons. The van der Waals surface area contributed by atoms with Crippen LogP contribution >= 0.6 is 0 Å². The van der Waals surface area contributed by atoms with Gasteiger partial charge in [-0.2, -0.15) is 0 Å². The van der Waals surface area contributed by atoms with E-state index >= 15 is 0 Å². The summed E-state index contributed by atoms with van der Waals surface area (Å²) < 4.78 is 0. The van der Waals surface area contributed by atoms with Crippen LogP contribution in [-0.2, 0) is 0 Å². The predicted octanol–water partition coefficient (Wildman–Crippen LogP) is 5.00. The summed E-state index contributed by atoms with van der Waals surface area (Å²) in [5.41, 5.74) is 4.95. The Kier molecular flexibility index (Phi) is 3.46. The number of anilines is 1. The number of benzene rings is 2. The molecule has 0 spiro atoms. The Hall–Kier alpha value is -2.28. The van der Waals surface area contributed by atoms with E-state index in [0.29, 0.717) is 0 Å². The molecule has 0 heterocycles. The maximum absolute atomic E-state index is 3.47. The third-order valence-corrected chi connectivity index (χ3v) is 3.31. The van der Waals surface area contributed by atoms with E-state index in [9.17, 15) is 0 Å². The van der Waals surface area contributed by atoms with Crippen molar-refractivity contribution in [3.63, 3.8) is 0 Å². The summed E-state index contributed by atoms with van der Waals surface area (Å²) in [4.78, 5) is 0. The Morgan fingerprint density at radius 2 is 1.53 bits per heavy atom. The van der Waals surface area contributed by atoms with E-state index in [1.807, 2.05) is 6.07 Å². The quantitative estimate of drug-likeness (QED) is 0.804. The average molecular weight is 247 g/mol. The minimum atomic E-state index is 1.09. The summed E-state index contributed by atoms with van der Waals surface area (Å²) in [6, 6.07) is 19.1. The average Bonchev–Trinajstić information content (AvgIpc) is 2.50. The summed E-state index contributed by atoms with van der Waals surface area (Å²) in [7, 11) is 0. The van der Waals surface area contributed by atoms with E-state index in [-0.39, 0.29) is 0 Å². The number of rotatable bonds is 3. The molecule has 0 amide bonds. The molecule has 0 aromatic heterocycles. The molecule has 0 saturated carbocycles. The topological polar surface area (TPSA) is 12.0 Å². The van der Waals surface area contributed by atoms with E-state index in [2.05, 4.69) is 72.1 Å². The van der Waals surface area contributed by atoms with Crippen LogP contribution in [0.4, 0.5) is 5.69 Å². The van der Waals surface area contributed by atoms with Gasteiger partial charge >= 0.3 is 0 Å². The van der Waals surface area contributed by atoms with Crippen LogP contribution in [-0.4, -0.2) is 0 Å². The fourth-order valence-corrected chi connectivity index (χ4v) is 2.27. The van der Waals surface area contributed by atoms with Gasteiger partial charge in [-0.3, -0.25) is 0 Å². The van der Waals surface area contributed by atoms with Gasteiger partial charge in [0.25, 0.3) is 0 Å². The van der Waals surface area contributed by atoms with Crippen LogP contribution in [0.1, 0.15) is 12.8 Å². The smallest absolute Gasteiger partial charge is 0.0382 e. The second kappa shape index (κ2) is 5.57. The zero-order valence-electron chi connectivity index (χ0n) is 10.8. The van der Waals surface area contributed by atoms with Crippen LogP contribution in [0.25, 0.3) is 11.1 Å².